The first-order valence-corrected chi connectivity index (χ1v) is 7.60. The highest BCUT2D eigenvalue weighted by Crippen LogP contribution is 2.25. The Hall–Kier alpha value is -2.86. The molecule has 3 aromatic rings. The van der Waals surface area contributed by atoms with Gasteiger partial charge in [-0.2, -0.15) is 0 Å². The predicted octanol–water partition coefficient (Wildman–Crippen LogP) is 3.03. The number of aromatic nitrogens is 1. The quantitative estimate of drug-likeness (QED) is 0.727. The number of fused-ring (bicyclic) bond motifs is 1. The van der Waals surface area contributed by atoms with E-state index in [2.05, 4.69) is 10.3 Å². The summed E-state index contributed by atoms with van der Waals surface area (Å²) in [4.78, 5) is 16.3. The van der Waals surface area contributed by atoms with Crippen LogP contribution in [0.25, 0.3) is 10.9 Å². The molecule has 0 bridgehead atoms. The average Bonchev–Trinajstić information content (AvgIpc) is 3.00. The van der Waals surface area contributed by atoms with Gasteiger partial charge < -0.3 is 20.2 Å². The fraction of sp³-hybridized carbons (Fsp3) is 0.222. The number of carbonyl (C=O) groups excluding carboxylic acids is 1. The lowest BCUT2D eigenvalue weighted by molar-refractivity contribution is 0.100. The second kappa shape index (κ2) is 6.72. The Kier molecular flexibility index (Phi) is 4.48. The molecule has 24 heavy (non-hydrogen) atoms. The molecule has 0 saturated heterocycles. The van der Waals surface area contributed by atoms with Crippen molar-refractivity contribution < 1.29 is 13.9 Å². The van der Waals surface area contributed by atoms with Crippen molar-refractivity contribution >= 4 is 22.6 Å². The highest BCUT2D eigenvalue weighted by atomic mass is 16.5. The standard InChI is InChI=1S/C18H19N3O3/c1-11-7-8-16(24-11)15(10-23-2)21-17-9-13(18(19)22)12-5-3-4-6-14(12)20-17/h3-9,15H,10H2,1-2H3,(H2,19,22)(H,20,21)/t15-/m1/s1. The number of pyridine rings is 1. The molecular formula is C18H19N3O3. The molecular weight excluding hydrogens is 306 g/mol. The topological polar surface area (TPSA) is 90.4 Å². The van der Waals surface area contributed by atoms with Crippen LogP contribution in [0.3, 0.4) is 0 Å². The number of nitrogens with two attached hydrogens (primary N) is 1. The zero-order valence-electron chi connectivity index (χ0n) is 13.6. The number of primary amides is 1. The Balaban J connectivity index is 2.00. The van der Waals surface area contributed by atoms with Crippen LogP contribution in [-0.2, 0) is 4.74 Å². The Morgan fingerprint density at radius 3 is 2.79 bits per heavy atom. The molecule has 1 aromatic carbocycles. The van der Waals surface area contributed by atoms with E-state index in [1.807, 2.05) is 43.3 Å². The number of nitrogens with zero attached hydrogens (tertiary/aromatic N) is 1. The molecule has 0 radical (unpaired) electrons. The minimum Gasteiger partial charge on any atom is -0.464 e. The van der Waals surface area contributed by atoms with Crippen LogP contribution in [0.2, 0.25) is 0 Å². The van der Waals surface area contributed by atoms with E-state index in [1.54, 1.807) is 13.2 Å². The second-order valence-electron chi connectivity index (χ2n) is 5.54. The summed E-state index contributed by atoms with van der Waals surface area (Å²) in [7, 11) is 1.62. The number of ether oxygens (including phenoxy) is 1. The summed E-state index contributed by atoms with van der Waals surface area (Å²) >= 11 is 0. The third kappa shape index (κ3) is 3.23. The van der Waals surface area contributed by atoms with Crippen LogP contribution in [0, 0.1) is 6.92 Å². The number of amides is 1. The van der Waals surface area contributed by atoms with Crippen LogP contribution in [0.1, 0.15) is 27.9 Å². The second-order valence-corrected chi connectivity index (χ2v) is 5.54. The zero-order valence-corrected chi connectivity index (χ0v) is 13.6. The van der Waals surface area contributed by atoms with E-state index in [0.717, 1.165) is 16.9 Å². The first-order valence-electron chi connectivity index (χ1n) is 7.60. The van der Waals surface area contributed by atoms with Crippen molar-refractivity contribution in [2.75, 3.05) is 19.0 Å². The van der Waals surface area contributed by atoms with E-state index in [-0.39, 0.29) is 6.04 Å². The smallest absolute Gasteiger partial charge is 0.249 e. The lowest BCUT2D eigenvalue weighted by atomic mass is 10.1. The molecule has 0 unspecified atom stereocenters. The number of methoxy groups -OCH3 is 1. The van der Waals surface area contributed by atoms with Gasteiger partial charge in [-0.1, -0.05) is 18.2 Å². The molecule has 6 nitrogen and oxygen atoms in total. The van der Waals surface area contributed by atoms with Crippen molar-refractivity contribution in [1.82, 2.24) is 4.98 Å². The molecule has 6 heteroatoms. The Morgan fingerprint density at radius 1 is 1.33 bits per heavy atom. The third-order valence-corrected chi connectivity index (χ3v) is 3.74. The summed E-state index contributed by atoms with van der Waals surface area (Å²) in [6.07, 6.45) is 0. The van der Waals surface area contributed by atoms with E-state index >= 15 is 0 Å². The molecule has 0 fully saturated rings. The lowest BCUT2D eigenvalue weighted by Crippen LogP contribution is -2.18. The average molecular weight is 325 g/mol. The van der Waals surface area contributed by atoms with Crippen LogP contribution >= 0.6 is 0 Å². The number of carbonyl (C=O) groups is 1. The maximum atomic E-state index is 11.8. The summed E-state index contributed by atoms with van der Waals surface area (Å²) in [6.45, 7) is 2.28. The van der Waals surface area contributed by atoms with Gasteiger partial charge in [0.15, 0.2) is 0 Å². The van der Waals surface area contributed by atoms with Crippen molar-refractivity contribution in [3.63, 3.8) is 0 Å². The minimum atomic E-state index is -0.492. The molecule has 3 rings (SSSR count). The van der Waals surface area contributed by atoms with E-state index in [0.29, 0.717) is 23.5 Å². The van der Waals surface area contributed by atoms with E-state index in [1.165, 1.54) is 0 Å². The SMILES string of the molecule is COC[C@@H](Nc1cc(C(N)=O)c2ccccc2n1)c1ccc(C)o1. The first-order chi connectivity index (χ1) is 11.6. The summed E-state index contributed by atoms with van der Waals surface area (Å²) < 4.78 is 10.9. The van der Waals surface area contributed by atoms with E-state index in [9.17, 15) is 4.79 Å². The van der Waals surface area contributed by atoms with Gasteiger partial charge in [0.25, 0.3) is 0 Å². The molecule has 2 aromatic heterocycles. The summed E-state index contributed by atoms with van der Waals surface area (Å²) in [5.74, 6) is 1.61. The Bertz CT molecular complexity index is 873. The van der Waals surface area contributed by atoms with Gasteiger partial charge in [0.05, 0.1) is 17.7 Å². The highest BCUT2D eigenvalue weighted by Gasteiger charge is 2.17. The third-order valence-electron chi connectivity index (χ3n) is 3.74. The van der Waals surface area contributed by atoms with Gasteiger partial charge in [-0.05, 0) is 31.2 Å². The van der Waals surface area contributed by atoms with Crippen molar-refractivity contribution in [2.24, 2.45) is 5.73 Å². The van der Waals surface area contributed by atoms with E-state index in [4.69, 9.17) is 14.9 Å². The lowest BCUT2D eigenvalue weighted by Gasteiger charge is -2.17. The monoisotopic (exact) mass is 325 g/mol. The van der Waals surface area contributed by atoms with Gasteiger partial charge in [0.1, 0.15) is 23.4 Å². The van der Waals surface area contributed by atoms with Gasteiger partial charge in [0.2, 0.25) is 5.91 Å². The minimum absolute atomic E-state index is 0.224. The molecule has 0 aliphatic rings. The number of furan rings is 1. The molecule has 0 aliphatic heterocycles. The molecule has 2 heterocycles. The van der Waals surface area contributed by atoms with Gasteiger partial charge >= 0.3 is 0 Å². The van der Waals surface area contributed by atoms with Gasteiger partial charge in [-0.15, -0.1) is 0 Å². The fourth-order valence-corrected chi connectivity index (χ4v) is 2.63. The number of benzene rings is 1. The zero-order chi connectivity index (χ0) is 17.1. The van der Waals surface area contributed by atoms with Crippen molar-refractivity contribution in [3.05, 3.63) is 59.5 Å². The van der Waals surface area contributed by atoms with Gasteiger partial charge in [0, 0.05) is 12.5 Å². The Labute approximate surface area is 139 Å². The number of nitrogens with one attached hydrogen (secondary N) is 1. The molecule has 3 N–H and O–H groups in total. The molecule has 0 saturated carbocycles. The number of hydrogen-bond acceptors (Lipinski definition) is 5. The normalized spacial score (nSPS) is 12.2. The molecule has 0 aliphatic carbocycles. The summed E-state index contributed by atoms with van der Waals surface area (Å²) in [6, 6.07) is 12.6. The van der Waals surface area contributed by atoms with Crippen molar-refractivity contribution in [1.29, 1.82) is 0 Å². The maximum Gasteiger partial charge on any atom is 0.249 e. The van der Waals surface area contributed by atoms with Crippen molar-refractivity contribution in [3.8, 4) is 0 Å². The van der Waals surface area contributed by atoms with E-state index < -0.39 is 5.91 Å². The first kappa shape index (κ1) is 16.0. The maximum absolute atomic E-state index is 11.8. The van der Waals surface area contributed by atoms with Gasteiger partial charge in [-0.25, -0.2) is 4.98 Å². The predicted molar refractivity (Wildman–Crippen MR) is 91.9 cm³/mol. The Morgan fingerprint density at radius 2 is 2.12 bits per heavy atom. The number of anilines is 1. The van der Waals surface area contributed by atoms with Crippen LogP contribution in [0.15, 0.2) is 46.9 Å². The number of aryl methyl sites for hydroxylation is 1. The number of para-hydroxylation sites is 1. The fourth-order valence-electron chi connectivity index (χ4n) is 2.63. The molecule has 124 valence electrons. The highest BCUT2D eigenvalue weighted by molar-refractivity contribution is 6.06. The largest absolute Gasteiger partial charge is 0.464 e. The molecule has 1 amide bonds. The van der Waals surface area contributed by atoms with Gasteiger partial charge in [-0.3, -0.25) is 4.79 Å². The summed E-state index contributed by atoms with van der Waals surface area (Å²) in [5.41, 5.74) is 6.64. The molecule has 0 spiro atoms. The summed E-state index contributed by atoms with van der Waals surface area (Å²) in [5, 5.41) is 3.99. The molecule has 1 atom stereocenters. The van der Waals surface area contributed by atoms with Crippen molar-refractivity contribution in [2.45, 2.75) is 13.0 Å². The van der Waals surface area contributed by atoms with Crippen LogP contribution < -0.4 is 11.1 Å². The van der Waals surface area contributed by atoms with Crippen LogP contribution in [0.4, 0.5) is 5.82 Å². The number of hydrogen-bond donors (Lipinski definition) is 2. The van der Waals surface area contributed by atoms with Crippen LogP contribution in [-0.4, -0.2) is 24.6 Å². The number of rotatable bonds is 6. The van der Waals surface area contributed by atoms with Crippen LogP contribution in [0.5, 0.6) is 0 Å².